The number of hydrogen-bond acceptors (Lipinski definition) is 7. The van der Waals surface area contributed by atoms with E-state index >= 15 is 0 Å². The van der Waals surface area contributed by atoms with Crippen LogP contribution in [0.4, 0.5) is 5.69 Å². The molecule has 4 rings (SSSR count). The quantitative estimate of drug-likeness (QED) is 0.283. The summed E-state index contributed by atoms with van der Waals surface area (Å²) in [6.45, 7) is 6.34. The third-order valence-corrected chi connectivity index (χ3v) is 7.08. The maximum absolute atomic E-state index is 13.0. The van der Waals surface area contributed by atoms with Crippen molar-refractivity contribution in [3.8, 4) is 5.69 Å². The Bertz CT molecular complexity index is 1280. The van der Waals surface area contributed by atoms with E-state index in [9.17, 15) is 9.59 Å². The van der Waals surface area contributed by atoms with E-state index in [1.165, 1.54) is 23.6 Å². The summed E-state index contributed by atoms with van der Waals surface area (Å²) in [5, 5.41) is 17.2. The smallest absolute Gasteiger partial charge is 0.221 e. The Kier molecular flexibility index (Phi) is 7.05. The third kappa shape index (κ3) is 5.40. The zero-order valence-corrected chi connectivity index (χ0v) is 20.2. The number of Topliss-reactive ketones (excluding diaryl/α,β-unsaturated/α-hetero) is 1. The molecule has 170 valence electrons. The molecule has 1 N–H and O–H groups in total. The van der Waals surface area contributed by atoms with Crippen molar-refractivity contribution in [2.75, 3.05) is 11.1 Å². The molecule has 33 heavy (non-hydrogen) atoms. The number of hydrogen-bond donors (Lipinski definition) is 1. The SMILES string of the molecule is CC(=O)Nc1cccc(-n2nnnc2SCC(=O)c2cc(C)n(CCc3cccs3)c2C)c1. The fourth-order valence-electron chi connectivity index (χ4n) is 3.66. The maximum Gasteiger partial charge on any atom is 0.221 e. The molecule has 0 aliphatic heterocycles. The highest BCUT2D eigenvalue weighted by atomic mass is 32.2. The highest BCUT2D eigenvalue weighted by Gasteiger charge is 2.18. The average Bonchev–Trinajstić information content (AvgIpc) is 3.52. The van der Waals surface area contributed by atoms with Crippen LogP contribution in [0.5, 0.6) is 0 Å². The van der Waals surface area contributed by atoms with Crippen LogP contribution < -0.4 is 5.32 Å². The Hall–Kier alpha value is -3.24. The van der Waals surface area contributed by atoms with Gasteiger partial charge in [0.25, 0.3) is 0 Å². The van der Waals surface area contributed by atoms with Crippen molar-refractivity contribution in [2.24, 2.45) is 0 Å². The molecule has 1 aromatic carbocycles. The fraction of sp³-hybridized carbons (Fsp3) is 0.261. The maximum atomic E-state index is 13.0. The first-order valence-corrected chi connectivity index (χ1v) is 12.3. The van der Waals surface area contributed by atoms with Crippen LogP contribution in [-0.2, 0) is 17.8 Å². The van der Waals surface area contributed by atoms with Gasteiger partial charge in [-0.05, 0) is 66.4 Å². The normalized spacial score (nSPS) is 11.0. The number of anilines is 1. The predicted molar refractivity (Wildman–Crippen MR) is 130 cm³/mol. The van der Waals surface area contributed by atoms with E-state index in [2.05, 4.69) is 42.9 Å². The van der Waals surface area contributed by atoms with Crippen LogP contribution in [0.3, 0.4) is 0 Å². The Balaban J connectivity index is 1.45. The van der Waals surface area contributed by atoms with E-state index in [-0.39, 0.29) is 17.4 Å². The lowest BCUT2D eigenvalue weighted by Crippen LogP contribution is -2.09. The molecule has 0 atom stereocenters. The number of thiophene rings is 1. The standard InChI is InChI=1S/C23H24N6O2S2/c1-15-12-21(16(2)28(15)10-9-20-8-5-11-32-20)22(31)14-33-23-25-26-27-29(23)19-7-4-6-18(13-19)24-17(3)30/h4-8,11-13H,9-10,14H2,1-3H3,(H,24,30). The molecule has 3 heterocycles. The summed E-state index contributed by atoms with van der Waals surface area (Å²) in [7, 11) is 0. The van der Waals surface area contributed by atoms with E-state index in [0.29, 0.717) is 16.5 Å². The molecule has 0 fully saturated rings. The first-order chi connectivity index (χ1) is 15.9. The van der Waals surface area contributed by atoms with Gasteiger partial charge < -0.3 is 9.88 Å². The molecule has 0 saturated heterocycles. The molecule has 0 saturated carbocycles. The molecular formula is C23H24N6O2S2. The molecular weight excluding hydrogens is 456 g/mol. The second-order valence-electron chi connectivity index (χ2n) is 7.58. The number of thioether (sulfide) groups is 1. The summed E-state index contributed by atoms with van der Waals surface area (Å²) >= 11 is 3.04. The van der Waals surface area contributed by atoms with Crippen molar-refractivity contribution in [2.45, 2.75) is 38.9 Å². The zero-order chi connectivity index (χ0) is 23.4. The number of tetrazole rings is 1. The number of nitrogens with zero attached hydrogens (tertiary/aromatic N) is 5. The second-order valence-corrected chi connectivity index (χ2v) is 9.56. The summed E-state index contributed by atoms with van der Waals surface area (Å²) in [4.78, 5) is 25.7. The minimum absolute atomic E-state index is 0.0389. The van der Waals surface area contributed by atoms with Gasteiger partial charge in [-0.2, -0.15) is 4.68 Å². The monoisotopic (exact) mass is 480 g/mol. The number of amides is 1. The van der Waals surface area contributed by atoms with Gasteiger partial charge in [0.15, 0.2) is 5.78 Å². The van der Waals surface area contributed by atoms with E-state index in [4.69, 9.17) is 0 Å². The second kappa shape index (κ2) is 10.1. The van der Waals surface area contributed by atoms with Gasteiger partial charge in [0, 0.05) is 41.0 Å². The van der Waals surface area contributed by atoms with Gasteiger partial charge in [-0.3, -0.25) is 9.59 Å². The summed E-state index contributed by atoms with van der Waals surface area (Å²) in [6.07, 6.45) is 0.947. The first-order valence-electron chi connectivity index (χ1n) is 10.4. The largest absolute Gasteiger partial charge is 0.348 e. The van der Waals surface area contributed by atoms with Crippen LogP contribution in [-0.4, -0.2) is 42.2 Å². The lowest BCUT2D eigenvalue weighted by Gasteiger charge is -2.09. The average molecular weight is 481 g/mol. The topological polar surface area (TPSA) is 94.7 Å². The molecule has 3 aromatic heterocycles. The summed E-state index contributed by atoms with van der Waals surface area (Å²) in [5.41, 5.74) is 4.15. The predicted octanol–water partition coefficient (Wildman–Crippen LogP) is 4.32. The van der Waals surface area contributed by atoms with Gasteiger partial charge in [-0.1, -0.05) is 23.9 Å². The van der Waals surface area contributed by atoms with Crippen LogP contribution in [0.15, 0.2) is 53.0 Å². The zero-order valence-electron chi connectivity index (χ0n) is 18.6. The molecule has 1 amide bonds. The molecule has 0 unspecified atom stereocenters. The Labute approximate surface area is 200 Å². The summed E-state index contributed by atoms with van der Waals surface area (Å²) in [5.74, 6) is 0.107. The number of carbonyl (C=O) groups excluding carboxylic acids is 2. The Morgan fingerprint density at radius 3 is 2.76 bits per heavy atom. The summed E-state index contributed by atoms with van der Waals surface area (Å²) in [6, 6.07) is 13.4. The van der Waals surface area contributed by atoms with E-state index < -0.39 is 0 Å². The van der Waals surface area contributed by atoms with Gasteiger partial charge in [-0.25, -0.2) is 0 Å². The third-order valence-electron chi connectivity index (χ3n) is 5.22. The van der Waals surface area contributed by atoms with Gasteiger partial charge in [0.1, 0.15) is 0 Å². The minimum atomic E-state index is -0.156. The van der Waals surface area contributed by atoms with Crippen LogP contribution in [0, 0.1) is 13.8 Å². The van der Waals surface area contributed by atoms with Gasteiger partial charge in [0.2, 0.25) is 11.1 Å². The molecule has 0 radical (unpaired) electrons. The molecule has 0 spiro atoms. The number of benzene rings is 1. The highest BCUT2D eigenvalue weighted by Crippen LogP contribution is 2.24. The lowest BCUT2D eigenvalue weighted by atomic mass is 10.2. The number of aryl methyl sites for hydroxylation is 2. The fourth-order valence-corrected chi connectivity index (χ4v) is 5.13. The molecule has 4 aromatic rings. The van der Waals surface area contributed by atoms with Crippen molar-refractivity contribution in [3.05, 3.63) is 69.7 Å². The number of rotatable bonds is 9. The van der Waals surface area contributed by atoms with E-state index in [1.807, 2.05) is 32.0 Å². The van der Waals surface area contributed by atoms with Crippen molar-refractivity contribution in [1.29, 1.82) is 0 Å². The molecule has 8 nitrogen and oxygen atoms in total. The lowest BCUT2D eigenvalue weighted by molar-refractivity contribution is -0.114. The first kappa shape index (κ1) is 22.9. The molecule has 0 aliphatic carbocycles. The van der Waals surface area contributed by atoms with Crippen LogP contribution in [0.1, 0.15) is 33.5 Å². The van der Waals surface area contributed by atoms with Gasteiger partial charge in [0.05, 0.1) is 11.4 Å². The number of nitrogens with one attached hydrogen (secondary N) is 1. The van der Waals surface area contributed by atoms with Crippen LogP contribution >= 0.6 is 23.1 Å². The highest BCUT2D eigenvalue weighted by molar-refractivity contribution is 7.99. The summed E-state index contributed by atoms with van der Waals surface area (Å²) < 4.78 is 3.77. The van der Waals surface area contributed by atoms with Crippen molar-refractivity contribution >= 4 is 40.5 Å². The Morgan fingerprint density at radius 1 is 1.15 bits per heavy atom. The van der Waals surface area contributed by atoms with E-state index in [0.717, 1.165) is 29.9 Å². The molecule has 10 heteroatoms. The van der Waals surface area contributed by atoms with Gasteiger partial charge >= 0.3 is 0 Å². The molecule has 0 bridgehead atoms. The van der Waals surface area contributed by atoms with Gasteiger partial charge in [-0.15, -0.1) is 16.4 Å². The Morgan fingerprint density at radius 2 is 2.00 bits per heavy atom. The van der Waals surface area contributed by atoms with Crippen LogP contribution in [0.25, 0.3) is 5.69 Å². The van der Waals surface area contributed by atoms with Crippen molar-refractivity contribution in [1.82, 2.24) is 24.8 Å². The number of ketones is 1. The number of carbonyl (C=O) groups is 2. The molecule has 0 aliphatic rings. The number of aromatic nitrogens is 5. The van der Waals surface area contributed by atoms with E-state index in [1.54, 1.807) is 28.2 Å². The minimum Gasteiger partial charge on any atom is -0.348 e. The van der Waals surface area contributed by atoms with Crippen molar-refractivity contribution in [3.63, 3.8) is 0 Å². The van der Waals surface area contributed by atoms with Crippen molar-refractivity contribution < 1.29 is 9.59 Å². The van der Waals surface area contributed by atoms with Crippen LogP contribution in [0.2, 0.25) is 0 Å².